The van der Waals surface area contributed by atoms with Crippen molar-refractivity contribution in [1.82, 2.24) is 0 Å². The fourth-order valence-corrected chi connectivity index (χ4v) is 18.3. The predicted molar refractivity (Wildman–Crippen MR) is 424 cm³/mol. The summed E-state index contributed by atoms with van der Waals surface area (Å²) in [5.74, 6) is 1.75. The van der Waals surface area contributed by atoms with Crippen LogP contribution in [0.5, 0.6) is 11.5 Å². The summed E-state index contributed by atoms with van der Waals surface area (Å²) in [5.41, 5.74) is 30.3. The molecule has 100 heavy (non-hydrogen) atoms. The van der Waals surface area contributed by atoms with E-state index in [1.807, 2.05) is 23.9 Å². The highest BCUT2D eigenvalue weighted by Crippen LogP contribution is 2.57. The van der Waals surface area contributed by atoms with Gasteiger partial charge in [0.05, 0.1) is 22.7 Å². The molecule has 0 atom stereocenters. The third kappa shape index (κ3) is 9.27. The van der Waals surface area contributed by atoms with Gasteiger partial charge in [0, 0.05) is 34.7 Å². The van der Waals surface area contributed by atoms with E-state index in [4.69, 9.17) is 4.74 Å². The second-order valence-corrected chi connectivity index (χ2v) is 29.4. The Morgan fingerprint density at radius 2 is 0.600 bits per heavy atom. The summed E-state index contributed by atoms with van der Waals surface area (Å²) in [5, 5.41) is 10.1. The Hall–Kier alpha value is -11.7. The van der Waals surface area contributed by atoms with Gasteiger partial charge in [-0.05, 0) is 227 Å². The normalized spacial score (nSPS) is 13.9. The maximum Gasteiger partial charge on any atom is 0.151 e. The Morgan fingerprint density at radius 3 is 1.14 bits per heavy atom. The van der Waals surface area contributed by atoms with Crippen molar-refractivity contribution >= 4 is 77.6 Å². The minimum Gasteiger partial charge on any atom is -0.453 e. The molecular formula is C96H70N2OS. The smallest absolute Gasteiger partial charge is 0.151 e. The number of hydrogen-bond donors (Lipinski definition) is 0. The lowest BCUT2D eigenvalue weighted by molar-refractivity contribution is 0.475. The van der Waals surface area contributed by atoms with E-state index in [1.54, 1.807) is 0 Å². The van der Waals surface area contributed by atoms with Crippen LogP contribution in [0.25, 0.3) is 132 Å². The number of benzene rings is 16. The van der Waals surface area contributed by atoms with Crippen molar-refractivity contribution in [1.29, 1.82) is 0 Å². The first kappa shape index (κ1) is 59.6. The van der Waals surface area contributed by atoms with Gasteiger partial charge in [-0.2, -0.15) is 0 Å². The van der Waals surface area contributed by atoms with E-state index in [-0.39, 0.29) is 10.8 Å². The average molecular weight is 1300 g/mol. The summed E-state index contributed by atoms with van der Waals surface area (Å²) in [4.78, 5) is 7.17. The summed E-state index contributed by atoms with van der Waals surface area (Å²) < 4.78 is 6.39. The fraction of sp³-hybridized carbons (Fsp3) is 0.0833. The average Bonchev–Trinajstić information content (AvgIpc) is 1.21. The lowest BCUT2D eigenvalue weighted by Gasteiger charge is -2.30. The third-order valence-electron chi connectivity index (χ3n) is 22.1. The summed E-state index contributed by atoms with van der Waals surface area (Å²) in [6.45, 7) is 9.48. The van der Waals surface area contributed by atoms with Gasteiger partial charge in [-0.15, -0.1) is 0 Å². The van der Waals surface area contributed by atoms with Crippen LogP contribution >= 0.6 is 11.8 Å². The first-order valence-electron chi connectivity index (χ1n) is 34.8. The van der Waals surface area contributed by atoms with Crippen LogP contribution < -0.4 is 14.5 Å². The molecule has 0 saturated carbocycles. The van der Waals surface area contributed by atoms with Gasteiger partial charge in [0.15, 0.2) is 11.5 Å². The van der Waals surface area contributed by atoms with Crippen molar-refractivity contribution < 1.29 is 4.74 Å². The number of fused-ring (bicyclic) bond motifs is 14. The van der Waals surface area contributed by atoms with Crippen LogP contribution in [0.2, 0.25) is 0 Å². The highest BCUT2D eigenvalue weighted by molar-refractivity contribution is 7.99. The molecule has 476 valence electrons. The molecule has 0 spiro atoms. The molecule has 20 rings (SSSR count). The second-order valence-electron chi connectivity index (χ2n) is 28.3. The molecule has 0 N–H and O–H groups in total. The zero-order chi connectivity index (χ0) is 67.1. The van der Waals surface area contributed by atoms with Crippen molar-refractivity contribution in [3.63, 3.8) is 0 Å². The zero-order valence-corrected chi connectivity index (χ0v) is 57.5. The fourth-order valence-electron chi connectivity index (χ4n) is 17.1. The van der Waals surface area contributed by atoms with Gasteiger partial charge in [0.25, 0.3) is 0 Å². The maximum absolute atomic E-state index is 6.39. The number of hydrogen-bond acceptors (Lipinski definition) is 4. The Kier molecular flexibility index (Phi) is 13.7. The number of rotatable bonds is 6. The lowest BCUT2D eigenvalue weighted by atomic mass is 9.80. The molecule has 2 aliphatic heterocycles. The molecule has 2 aliphatic carbocycles. The van der Waals surface area contributed by atoms with E-state index < -0.39 is 0 Å². The first-order chi connectivity index (χ1) is 48.9. The molecule has 4 heteroatoms. The monoisotopic (exact) mass is 1300 g/mol. The molecule has 0 aromatic heterocycles. The summed E-state index contributed by atoms with van der Waals surface area (Å²) in [6.07, 6.45) is 0. The Morgan fingerprint density at radius 1 is 0.240 bits per heavy atom. The Balaban J connectivity index is 0.000000139. The largest absolute Gasteiger partial charge is 0.453 e. The van der Waals surface area contributed by atoms with Gasteiger partial charge in [0.2, 0.25) is 0 Å². The molecular weight excluding hydrogens is 1230 g/mol. The van der Waals surface area contributed by atoms with E-state index in [1.165, 1.54) is 176 Å². The molecule has 4 aliphatic rings. The summed E-state index contributed by atoms with van der Waals surface area (Å²) in [6, 6.07) is 116. The third-order valence-corrected chi connectivity index (χ3v) is 23.2. The van der Waals surface area contributed by atoms with Crippen molar-refractivity contribution in [2.45, 2.75) is 48.3 Å². The standard InChI is InChI=1S/C48H35NO.C48H35NS/c2*1-48(2)40-18-10-9-15-34(40)35-24-22-32(28-41(35)48)47-37-17-8-7-16-36(37)46(38-25-21-31(27-39(38)47)30-13-5-4-6-14-30)33-23-26-45-43(29-33)49(3)42-19-11-12-20-44(42)50-45/h2*4-29H,1-3H3. The molecule has 2 heterocycles. The van der Waals surface area contributed by atoms with Gasteiger partial charge in [-0.1, -0.05) is 282 Å². The van der Waals surface area contributed by atoms with Crippen LogP contribution in [-0.4, -0.2) is 14.1 Å². The van der Waals surface area contributed by atoms with Crippen LogP contribution in [0, 0.1) is 0 Å². The molecule has 0 amide bonds. The molecule has 0 radical (unpaired) electrons. The van der Waals surface area contributed by atoms with Gasteiger partial charge in [-0.25, -0.2) is 0 Å². The van der Waals surface area contributed by atoms with Gasteiger partial charge < -0.3 is 14.5 Å². The second kappa shape index (κ2) is 23.0. The van der Waals surface area contributed by atoms with Crippen LogP contribution in [0.4, 0.5) is 22.7 Å². The highest BCUT2D eigenvalue weighted by atomic mass is 32.2. The van der Waals surface area contributed by atoms with Crippen LogP contribution in [0.3, 0.4) is 0 Å². The van der Waals surface area contributed by atoms with Crippen molar-refractivity contribution in [2.24, 2.45) is 0 Å². The number of ether oxygens (including phenoxy) is 1. The zero-order valence-electron chi connectivity index (χ0n) is 56.7. The maximum atomic E-state index is 6.39. The molecule has 16 aromatic rings. The number of anilines is 4. The predicted octanol–water partition coefficient (Wildman–Crippen LogP) is 26.7. The van der Waals surface area contributed by atoms with Crippen molar-refractivity contribution in [3.8, 4) is 101 Å². The van der Waals surface area contributed by atoms with E-state index in [0.717, 1.165) is 22.9 Å². The first-order valence-corrected chi connectivity index (χ1v) is 35.6. The topological polar surface area (TPSA) is 15.7 Å². The molecule has 0 fully saturated rings. The molecule has 16 aromatic carbocycles. The minimum absolute atomic E-state index is 0.0749. The van der Waals surface area contributed by atoms with Gasteiger partial charge in [-0.3, -0.25) is 0 Å². The van der Waals surface area contributed by atoms with Crippen molar-refractivity contribution in [2.75, 3.05) is 23.9 Å². The van der Waals surface area contributed by atoms with Gasteiger partial charge in [0.1, 0.15) is 0 Å². The van der Waals surface area contributed by atoms with E-state index >= 15 is 0 Å². The quantitative estimate of drug-likeness (QED) is 0.154. The number of para-hydroxylation sites is 3. The minimum atomic E-state index is -0.0848. The summed E-state index contributed by atoms with van der Waals surface area (Å²) in [7, 11) is 4.32. The number of nitrogens with zero attached hydrogens (tertiary/aromatic N) is 2. The van der Waals surface area contributed by atoms with E-state index in [9.17, 15) is 0 Å². The molecule has 3 nitrogen and oxygen atoms in total. The highest BCUT2D eigenvalue weighted by Gasteiger charge is 2.38. The lowest BCUT2D eigenvalue weighted by Crippen LogP contribution is -2.15. The van der Waals surface area contributed by atoms with Crippen LogP contribution in [-0.2, 0) is 10.8 Å². The SMILES string of the molecule is CN1c2ccccc2Oc2ccc(-c3c4ccccc4c(-c4ccc5c(c4)C(C)(C)c4ccccc4-5)c4cc(-c5ccccc5)ccc34)cc21.CN1c2ccccc2Sc2ccc(-c3c4ccccc4c(-c4ccc5c(c4)C(C)(C)c4ccccc4-5)c4cc(-c5ccccc5)ccc34)cc21. The molecule has 0 saturated heterocycles. The summed E-state index contributed by atoms with van der Waals surface area (Å²) >= 11 is 1.86. The molecule has 0 unspecified atom stereocenters. The van der Waals surface area contributed by atoms with Crippen molar-refractivity contribution in [3.05, 3.63) is 338 Å². The van der Waals surface area contributed by atoms with E-state index in [2.05, 4.69) is 355 Å². The van der Waals surface area contributed by atoms with E-state index in [0.29, 0.717) is 0 Å². The Bertz CT molecular complexity index is 5710. The Labute approximate surface area is 588 Å². The van der Waals surface area contributed by atoms with Crippen LogP contribution in [0.15, 0.2) is 325 Å². The molecule has 0 bridgehead atoms. The van der Waals surface area contributed by atoms with Crippen LogP contribution in [0.1, 0.15) is 49.9 Å². The van der Waals surface area contributed by atoms with Gasteiger partial charge >= 0.3 is 0 Å².